The van der Waals surface area contributed by atoms with Crippen molar-refractivity contribution in [2.75, 3.05) is 44.7 Å². The van der Waals surface area contributed by atoms with Gasteiger partial charge in [0.1, 0.15) is 5.82 Å². The van der Waals surface area contributed by atoms with Crippen LogP contribution in [0.15, 0.2) is 36.4 Å². The van der Waals surface area contributed by atoms with Crippen LogP contribution in [0.4, 0.5) is 15.8 Å². The third-order valence-electron chi connectivity index (χ3n) is 4.50. The van der Waals surface area contributed by atoms with Gasteiger partial charge in [-0.2, -0.15) is 0 Å². The molecule has 0 radical (unpaired) electrons. The first-order valence-electron chi connectivity index (χ1n) is 8.94. The Morgan fingerprint density at radius 1 is 1.19 bits per heavy atom. The molecular formula is C20H23FIN3O2. The fourth-order valence-electron chi connectivity index (χ4n) is 2.98. The summed E-state index contributed by atoms with van der Waals surface area (Å²) in [7, 11) is 0. The third-order valence-corrected chi connectivity index (χ3v) is 5.17. The van der Waals surface area contributed by atoms with Crippen molar-refractivity contribution in [3.05, 3.63) is 56.9 Å². The van der Waals surface area contributed by atoms with Gasteiger partial charge in [-0.25, -0.2) is 4.39 Å². The Hall–Kier alpha value is -1.71. The van der Waals surface area contributed by atoms with E-state index in [-0.39, 0.29) is 11.7 Å². The number of hydrogen-bond acceptors (Lipinski definition) is 4. The van der Waals surface area contributed by atoms with Crippen LogP contribution in [0.1, 0.15) is 15.9 Å². The van der Waals surface area contributed by atoms with E-state index >= 15 is 0 Å². The minimum Gasteiger partial charge on any atom is -0.379 e. The normalized spacial score (nSPS) is 14.8. The number of aryl methyl sites for hydroxylation is 1. The van der Waals surface area contributed by atoms with Gasteiger partial charge in [0, 0.05) is 35.4 Å². The Morgan fingerprint density at radius 2 is 1.96 bits per heavy atom. The Kier molecular flexibility index (Phi) is 7.03. The minimum atomic E-state index is -0.384. The van der Waals surface area contributed by atoms with E-state index in [1.54, 1.807) is 0 Å². The molecule has 0 spiro atoms. The van der Waals surface area contributed by atoms with Crippen molar-refractivity contribution in [3.8, 4) is 0 Å². The van der Waals surface area contributed by atoms with Gasteiger partial charge in [-0.15, -0.1) is 0 Å². The zero-order valence-corrected chi connectivity index (χ0v) is 17.4. The predicted molar refractivity (Wildman–Crippen MR) is 113 cm³/mol. The number of anilines is 2. The second-order valence-electron chi connectivity index (χ2n) is 6.48. The maximum atomic E-state index is 13.8. The van der Waals surface area contributed by atoms with E-state index in [9.17, 15) is 9.18 Å². The molecule has 0 unspecified atom stereocenters. The second kappa shape index (κ2) is 9.48. The van der Waals surface area contributed by atoms with Gasteiger partial charge in [-0.05, 0) is 71.5 Å². The highest BCUT2D eigenvalue weighted by Gasteiger charge is 2.15. The maximum Gasteiger partial charge on any atom is 0.253 e. The number of nitrogens with one attached hydrogen (secondary N) is 2. The first kappa shape index (κ1) is 20.0. The van der Waals surface area contributed by atoms with Crippen LogP contribution < -0.4 is 10.6 Å². The summed E-state index contributed by atoms with van der Waals surface area (Å²) in [5.41, 5.74) is 2.77. The van der Waals surface area contributed by atoms with Crippen LogP contribution in [-0.2, 0) is 4.74 Å². The molecule has 1 aliphatic rings. The summed E-state index contributed by atoms with van der Waals surface area (Å²) in [5, 5.41) is 6.13. The average Bonchev–Trinajstić information content (AvgIpc) is 2.65. The summed E-state index contributed by atoms with van der Waals surface area (Å²) in [6.07, 6.45) is 0. The Bertz CT molecular complexity index is 810. The lowest BCUT2D eigenvalue weighted by Crippen LogP contribution is -2.41. The first-order chi connectivity index (χ1) is 13.0. The molecule has 1 heterocycles. The van der Waals surface area contributed by atoms with Crippen molar-refractivity contribution in [3.63, 3.8) is 0 Å². The Balaban J connectivity index is 1.68. The van der Waals surface area contributed by atoms with Crippen LogP contribution in [0, 0.1) is 16.3 Å². The number of carbonyl (C=O) groups excluding carboxylic acids is 1. The number of nitrogens with zero attached hydrogens (tertiary/aromatic N) is 1. The molecule has 1 saturated heterocycles. The highest BCUT2D eigenvalue weighted by atomic mass is 127. The van der Waals surface area contributed by atoms with Crippen LogP contribution in [0.2, 0.25) is 0 Å². The first-order valence-corrected chi connectivity index (χ1v) is 10.0. The zero-order valence-electron chi connectivity index (χ0n) is 15.2. The molecule has 2 aromatic rings. The molecule has 1 fully saturated rings. The number of amides is 1. The van der Waals surface area contributed by atoms with Crippen LogP contribution in [0.25, 0.3) is 0 Å². The molecule has 5 nitrogen and oxygen atoms in total. The van der Waals surface area contributed by atoms with Crippen LogP contribution >= 0.6 is 22.6 Å². The molecule has 0 bridgehead atoms. The number of carbonyl (C=O) groups is 1. The number of halogens is 2. The fraction of sp³-hybridized carbons (Fsp3) is 0.350. The lowest BCUT2D eigenvalue weighted by Gasteiger charge is -2.26. The lowest BCUT2D eigenvalue weighted by atomic mass is 10.1. The molecule has 1 aliphatic heterocycles. The van der Waals surface area contributed by atoms with Crippen molar-refractivity contribution in [2.45, 2.75) is 6.92 Å². The molecule has 27 heavy (non-hydrogen) atoms. The summed E-state index contributed by atoms with van der Waals surface area (Å²) >= 11 is 2.25. The van der Waals surface area contributed by atoms with Crippen molar-refractivity contribution < 1.29 is 13.9 Å². The van der Waals surface area contributed by atoms with Gasteiger partial charge in [-0.3, -0.25) is 9.69 Å². The van der Waals surface area contributed by atoms with E-state index in [1.807, 2.05) is 25.1 Å². The average molecular weight is 483 g/mol. The predicted octanol–water partition coefficient (Wildman–Crippen LogP) is 3.54. The quantitative estimate of drug-likeness (QED) is 0.618. The molecule has 144 valence electrons. The van der Waals surface area contributed by atoms with E-state index in [2.05, 4.69) is 38.1 Å². The molecule has 2 aromatic carbocycles. The number of rotatable bonds is 6. The molecule has 0 saturated carbocycles. The molecule has 7 heteroatoms. The molecule has 0 atom stereocenters. The van der Waals surface area contributed by atoms with Crippen LogP contribution in [0.3, 0.4) is 0 Å². The molecular weight excluding hydrogens is 460 g/mol. The number of hydrogen-bond donors (Lipinski definition) is 2. The minimum absolute atomic E-state index is 0.214. The summed E-state index contributed by atoms with van der Waals surface area (Å²) in [6.45, 7) is 6.51. The standard InChI is InChI=1S/C20H23FIN3O2/c1-14-12-16(22)3-5-18(14)24-19-13-15(21)2-4-17(19)20(26)23-6-7-25-8-10-27-11-9-25/h2-5,12-13,24H,6-11H2,1H3,(H,23,26). The van der Waals surface area contributed by atoms with Crippen molar-refractivity contribution >= 4 is 39.9 Å². The molecule has 0 aliphatic carbocycles. The number of ether oxygens (including phenoxy) is 1. The van der Waals surface area contributed by atoms with E-state index in [4.69, 9.17) is 4.74 Å². The Morgan fingerprint density at radius 3 is 2.70 bits per heavy atom. The Labute approximate surface area is 172 Å². The zero-order chi connectivity index (χ0) is 19.2. The molecule has 2 N–H and O–H groups in total. The lowest BCUT2D eigenvalue weighted by molar-refractivity contribution is 0.0383. The molecule has 0 aromatic heterocycles. The summed E-state index contributed by atoms with van der Waals surface area (Å²) in [5.74, 6) is -0.598. The van der Waals surface area contributed by atoms with Crippen molar-refractivity contribution in [1.82, 2.24) is 10.2 Å². The fourth-order valence-corrected chi connectivity index (χ4v) is 3.62. The molecule has 3 rings (SSSR count). The SMILES string of the molecule is Cc1cc(I)ccc1Nc1cc(F)ccc1C(=O)NCCN1CCOCC1. The summed E-state index contributed by atoms with van der Waals surface area (Å²) in [4.78, 5) is 14.9. The highest BCUT2D eigenvalue weighted by Crippen LogP contribution is 2.25. The van der Waals surface area contributed by atoms with Crippen molar-refractivity contribution in [2.24, 2.45) is 0 Å². The van der Waals surface area contributed by atoms with Gasteiger partial charge >= 0.3 is 0 Å². The smallest absolute Gasteiger partial charge is 0.253 e. The van der Waals surface area contributed by atoms with Gasteiger partial charge in [0.25, 0.3) is 5.91 Å². The van der Waals surface area contributed by atoms with Gasteiger partial charge in [-0.1, -0.05) is 0 Å². The van der Waals surface area contributed by atoms with E-state index in [0.717, 1.165) is 47.7 Å². The third kappa shape index (κ3) is 5.63. The maximum absolute atomic E-state index is 13.8. The number of benzene rings is 2. The second-order valence-corrected chi connectivity index (χ2v) is 7.73. The van der Waals surface area contributed by atoms with Gasteiger partial charge < -0.3 is 15.4 Å². The van der Waals surface area contributed by atoms with E-state index in [0.29, 0.717) is 17.8 Å². The van der Waals surface area contributed by atoms with Gasteiger partial charge in [0.15, 0.2) is 0 Å². The summed E-state index contributed by atoms with van der Waals surface area (Å²) < 4.78 is 20.2. The summed E-state index contributed by atoms with van der Waals surface area (Å²) in [6, 6.07) is 10.1. The van der Waals surface area contributed by atoms with Crippen LogP contribution in [0.5, 0.6) is 0 Å². The monoisotopic (exact) mass is 483 g/mol. The van der Waals surface area contributed by atoms with E-state index < -0.39 is 0 Å². The topological polar surface area (TPSA) is 53.6 Å². The number of morpholine rings is 1. The van der Waals surface area contributed by atoms with Gasteiger partial charge in [0.05, 0.1) is 24.5 Å². The highest BCUT2D eigenvalue weighted by molar-refractivity contribution is 14.1. The van der Waals surface area contributed by atoms with E-state index in [1.165, 1.54) is 18.2 Å². The molecule has 1 amide bonds. The largest absolute Gasteiger partial charge is 0.379 e. The van der Waals surface area contributed by atoms with Crippen molar-refractivity contribution in [1.29, 1.82) is 0 Å². The van der Waals surface area contributed by atoms with Crippen LogP contribution in [-0.4, -0.2) is 50.2 Å². The van der Waals surface area contributed by atoms with Gasteiger partial charge in [0.2, 0.25) is 0 Å².